The highest BCUT2D eigenvalue weighted by Crippen LogP contribution is 2.17. The largest absolute Gasteiger partial charge is 0.466 e. The first-order valence-corrected chi connectivity index (χ1v) is 7.38. The molecule has 1 amide bonds. The summed E-state index contributed by atoms with van der Waals surface area (Å²) in [4.78, 5) is 24.1. The molecule has 0 aliphatic carbocycles. The van der Waals surface area contributed by atoms with E-state index in [0.717, 1.165) is 23.7 Å². The second kappa shape index (κ2) is 6.79. The predicted molar refractivity (Wildman–Crippen MR) is 84.8 cm³/mol. The van der Waals surface area contributed by atoms with E-state index in [1.54, 1.807) is 12.4 Å². The van der Waals surface area contributed by atoms with Crippen molar-refractivity contribution in [3.63, 3.8) is 0 Å². The molecule has 0 unspecified atom stereocenters. The van der Waals surface area contributed by atoms with Crippen molar-refractivity contribution in [2.24, 2.45) is 0 Å². The maximum atomic E-state index is 12.8. The normalized spacial score (nSPS) is 11.2. The summed E-state index contributed by atoms with van der Waals surface area (Å²) in [5.41, 5.74) is 2.51. The van der Waals surface area contributed by atoms with Crippen molar-refractivity contribution in [3.05, 3.63) is 40.9 Å². The zero-order valence-corrected chi connectivity index (χ0v) is 13.9. The maximum absolute atomic E-state index is 12.8. The highest BCUT2D eigenvalue weighted by molar-refractivity contribution is 5.95. The molecule has 0 atom stereocenters. The lowest BCUT2D eigenvalue weighted by molar-refractivity contribution is 0.0728. The average molecular weight is 304 g/mol. The fraction of sp³-hybridized carbons (Fsp3) is 0.500. The molecule has 0 radical (unpaired) electrons. The summed E-state index contributed by atoms with van der Waals surface area (Å²) < 4.78 is 5.49. The third-order valence-corrected chi connectivity index (χ3v) is 3.65. The smallest absolute Gasteiger partial charge is 0.257 e. The van der Waals surface area contributed by atoms with Gasteiger partial charge < -0.3 is 19.2 Å². The van der Waals surface area contributed by atoms with Crippen LogP contribution in [-0.4, -0.2) is 52.9 Å². The van der Waals surface area contributed by atoms with Gasteiger partial charge in [0.05, 0.1) is 24.1 Å². The molecule has 120 valence electrons. The number of aromatic amines is 1. The van der Waals surface area contributed by atoms with Crippen LogP contribution in [0.15, 0.2) is 16.8 Å². The number of aromatic nitrogens is 2. The predicted octanol–water partition coefficient (Wildman–Crippen LogP) is 2.13. The summed E-state index contributed by atoms with van der Waals surface area (Å²) in [5.74, 6) is 1.40. The Morgan fingerprint density at radius 3 is 2.50 bits per heavy atom. The third-order valence-electron chi connectivity index (χ3n) is 3.65. The molecule has 0 aliphatic heterocycles. The van der Waals surface area contributed by atoms with Crippen molar-refractivity contribution in [3.8, 4) is 0 Å². The van der Waals surface area contributed by atoms with Crippen LogP contribution in [0.25, 0.3) is 0 Å². The zero-order chi connectivity index (χ0) is 16.3. The van der Waals surface area contributed by atoms with Gasteiger partial charge in [-0.15, -0.1) is 0 Å². The average Bonchev–Trinajstić information content (AvgIpc) is 2.99. The number of H-pyrrole nitrogens is 1. The molecule has 1 N–H and O–H groups in total. The van der Waals surface area contributed by atoms with Gasteiger partial charge in [0, 0.05) is 18.8 Å². The van der Waals surface area contributed by atoms with Gasteiger partial charge in [-0.2, -0.15) is 0 Å². The topological polar surface area (TPSA) is 65.4 Å². The number of imidazole rings is 1. The number of nitrogens with one attached hydrogen (secondary N) is 1. The minimum atomic E-state index is -0.0152. The van der Waals surface area contributed by atoms with Crippen LogP contribution in [0.5, 0.6) is 0 Å². The lowest BCUT2D eigenvalue weighted by Crippen LogP contribution is -2.36. The van der Waals surface area contributed by atoms with Crippen LogP contribution in [0.1, 0.15) is 33.3 Å². The number of furan rings is 1. The summed E-state index contributed by atoms with van der Waals surface area (Å²) in [6.45, 7) is 7.57. The monoisotopic (exact) mass is 304 g/mol. The summed E-state index contributed by atoms with van der Waals surface area (Å²) in [6, 6.07) is 1.80. The number of hydrogen-bond donors (Lipinski definition) is 1. The van der Waals surface area contributed by atoms with E-state index in [1.165, 1.54) is 0 Å². The Kier molecular flexibility index (Phi) is 5.03. The third kappa shape index (κ3) is 3.76. The molecular formula is C16H24N4O2. The Bertz CT molecular complexity index is 642. The van der Waals surface area contributed by atoms with Gasteiger partial charge in [-0.05, 0) is 40.9 Å². The molecule has 0 spiro atoms. The number of aryl methyl sites for hydroxylation is 3. The van der Waals surface area contributed by atoms with Crippen molar-refractivity contribution in [1.29, 1.82) is 0 Å². The fourth-order valence-electron chi connectivity index (χ4n) is 2.31. The molecule has 0 aliphatic rings. The number of likely N-dealkylation sites (N-methyl/N-ethyl adjacent to an activating group) is 1. The second-order valence-electron chi connectivity index (χ2n) is 5.83. The molecule has 2 aromatic heterocycles. The Morgan fingerprint density at radius 2 is 2.00 bits per heavy atom. The molecule has 6 nitrogen and oxygen atoms in total. The Hall–Kier alpha value is -2.08. The summed E-state index contributed by atoms with van der Waals surface area (Å²) in [7, 11) is 3.99. The first-order chi connectivity index (χ1) is 10.4. The molecule has 0 aromatic carbocycles. The summed E-state index contributed by atoms with van der Waals surface area (Å²) in [6.07, 6.45) is 1.66. The molecule has 0 fully saturated rings. The van der Waals surface area contributed by atoms with Crippen molar-refractivity contribution < 1.29 is 9.21 Å². The molecule has 0 bridgehead atoms. The number of amides is 1. The van der Waals surface area contributed by atoms with Gasteiger partial charge in [0.25, 0.3) is 5.91 Å². The minimum Gasteiger partial charge on any atom is -0.466 e. The quantitative estimate of drug-likeness (QED) is 0.888. The molecule has 0 saturated heterocycles. The van der Waals surface area contributed by atoms with Gasteiger partial charge in [-0.25, -0.2) is 4.98 Å². The molecule has 2 rings (SSSR count). The highest BCUT2D eigenvalue weighted by atomic mass is 16.3. The van der Waals surface area contributed by atoms with E-state index in [2.05, 4.69) is 14.9 Å². The number of nitrogens with zero attached hydrogens (tertiary/aromatic N) is 3. The van der Waals surface area contributed by atoms with Crippen molar-refractivity contribution in [1.82, 2.24) is 19.8 Å². The Labute approximate surface area is 131 Å². The number of hydrogen-bond acceptors (Lipinski definition) is 4. The fourth-order valence-corrected chi connectivity index (χ4v) is 2.31. The first kappa shape index (κ1) is 16.3. The van der Waals surface area contributed by atoms with Gasteiger partial charge in [0.1, 0.15) is 11.5 Å². The van der Waals surface area contributed by atoms with E-state index in [1.807, 2.05) is 39.8 Å². The molecule has 0 saturated carbocycles. The van der Waals surface area contributed by atoms with E-state index >= 15 is 0 Å². The molecule has 22 heavy (non-hydrogen) atoms. The van der Waals surface area contributed by atoms with E-state index < -0.39 is 0 Å². The zero-order valence-electron chi connectivity index (χ0n) is 13.9. The van der Waals surface area contributed by atoms with Crippen LogP contribution in [0.2, 0.25) is 0 Å². The summed E-state index contributed by atoms with van der Waals surface area (Å²) >= 11 is 0. The lowest BCUT2D eigenvalue weighted by Gasteiger charge is -2.23. The summed E-state index contributed by atoms with van der Waals surface area (Å²) in [5, 5.41) is 0. The van der Waals surface area contributed by atoms with Gasteiger partial charge in [0.2, 0.25) is 0 Å². The molecule has 6 heteroatoms. The molecular weight excluding hydrogens is 280 g/mol. The van der Waals surface area contributed by atoms with Gasteiger partial charge in [-0.1, -0.05) is 0 Å². The van der Waals surface area contributed by atoms with E-state index in [0.29, 0.717) is 24.4 Å². The van der Waals surface area contributed by atoms with Crippen LogP contribution in [0.3, 0.4) is 0 Å². The highest BCUT2D eigenvalue weighted by Gasteiger charge is 2.22. The van der Waals surface area contributed by atoms with Crippen LogP contribution in [-0.2, 0) is 6.54 Å². The maximum Gasteiger partial charge on any atom is 0.257 e. The van der Waals surface area contributed by atoms with Crippen molar-refractivity contribution in [2.75, 3.05) is 27.2 Å². The van der Waals surface area contributed by atoms with Gasteiger partial charge >= 0.3 is 0 Å². The van der Waals surface area contributed by atoms with Crippen LogP contribution in [0.4, 0.5) is 0 Å². The van der Waals surface area contributed by atoms with E-state index in [9.17, 15) is 4.79 Å². The van der Waals surface area contributed by atoms with E-state index in [-0.39, 0.29) is 5.91 Å². The van der Waals surface area contributed by atoms with Crippen LogP contribution in [0, 0.1) is 20.8 Å². The van der Waals surface area contributed by atoms with Crippen molar-refractivity contribution >= 4 is 5.91 Å². The van der Waals surface area contributed by atoms with E-state index in [4.69, 9.17) is 4.42 Å². The Balaban J connectivity index is 2.21. The van der Waals surface area contributed by atoms with Gasteiger partial charge in [-0.3, -0.25) is 4.79 Å². The SMILES string of the molecule is Cc1cc(C(=O)N(CCN(C)C)Cc2nc[nH]c2C)c(C)o1. The number of carbonyl (C=O) groups is 1. The lowest BCUT2D eigenvalue weighted by atomic mass is 10.2. The van der Waals surface area contributed by atoms with Crippen LogP contribution >= 0.6 is 0 Å². The Morgan fingerprint density at radius 1 is 1.27 bits per heavy atom. The molecule has 2 heterocycles. The second-order valence-corrected chi connectivity index (χ2v) is 5.83. The van der Waals surface area contributed by atoms with Crippen LogP contribution < -0.4 is 0 Å². The minimum absolute atomic E-state index is 0.0152. The van der Waals surface area contributed by atoms with Crippen molar-refractivity contribution in [2.45, 2.75) is 27.3 Å². The molecule has 2 aromatic rings. The number of carbonyl (C=O) groups excluding carboxylic acids is 1. The number of rotatable bonds is 6. The van der Waals surface area contributed by atoms with Gasteiger partial charge in [0.15, 0.2) is 0 Å². The standard InChI is InChI=1S/C16H24N4O2/c1-11-8-14(13(3)22-11)16(21)20(7-6-19(4)5)9-15-12(2)17-10-18-15/h8,10H,6-7,9H2,1-5H3,(H,17,18). The first-order valence-electron chi connectivity index (χ1n) is 7.38.